The number of esters is 1. The lowest BCUT2D eigenvalue weighted by Crippen LogP contribution is -2.34. The average Bonchev–Trinajstić information content (AvgIpc) is 3.80. The van der Waals surface area contributed by atoms with Gasteiger partial charge in [-0.1, -0.05) is 143 Å². The Bertz CT molecular complexity index is 1630. The number of aromatic nitrogens is 1. The summed E-state index contributed by atoms with van der Waals surface area (Å²) in [5, 5.41) is 30.9. The summed E-state index contributed by atoms with van der Waals surface area (Å²) < 4.78 is 5.59. The Morgan fingerprint density at radius 3 is 1.87 bits per heavy atom. The number of ether oxygens (including phenoxy) is 1. The van der Waals surface area contributed by atoms with Crippen LogP contribution in [0.2, 0.25) is 0 Å². The van der Waals surface area contributed by atoms with Crippen molar-refractivity contribution in [3.63, 3.8) is 0 Å². The molecule has 3 rings (SSSR count). The van der Waals surface area contributed by atoms with Crippen molar-refractivity contribution in [2.24, 2.45) is 38.2 Å². The first-order valence-corrected chi connectivity index (χ1v) is 22.0. The lowest BCUT2D eigenvalue weighted by Gasteiger charge is -2.30. The molecule has 0 spiro atoms. The van der Waals surface area contributed by atoms with E-state index in [1.807, 2.05) is 0 Å². The number of thiophene rings is 1. The molecular formula is C43H65N7O2S2. The third-order valence-electron chi connectivity index (χ3n) is 10.0. The Hall–Kier alpha value is -3.49. The summed E-state index contributed by atoms with van der Waals surface area (Å²) in [6.45, 7) is 22.4. The summed E-state index contributed by atoms with van der Waals surface area (Å²) in [6.07, 6.45) is 14.0. The molecule has 2 aromatic heterocycles. The first-order valence-electron chi connectivity index (χ1n) is 20.4. The molecule has 0 aliphatic carbocycles. The molecule has 0 saturated heterocycles. The Labute approximate surface area is 333 Å². The molecule has 3 atom stereocenters. The number of anilines is 1. The average molecular weight is 776 g/mol. The van der Waals surface area contributed by atoms with E-state index in [1.54, 1.807) is 41.7 Å². The van der Waals surface area contributed by atoms with Gasteiger partial charge in [0.1, 0.15) is 11.1 Å². The number of thiazole rings is 1. The minimum absolute atomic E-state index is 0.237. The highest BCUT2D eigenvalue weighted by Gasteiger charge is 2.28. The van der Waals surface area contributed by atoms with E-state index in [1.165, 1.54) is 49.9 Å². The summed E-state index contributed by atoms with van der Waals surface area (Å²) in [6, 6.07) is 10.8. The second-order valence-corrected chi connectivity index (χ2v) is 17.5. The van der Waals surface area contributed by atoms with Crippen molar-refractivity contribution in [3.8, 4) is 6.07 Å². The molecule has 0 amide bonds. The number of nitriles is 1. The van der Waals surface area contributed by atoms with E-state index in [0.29, 0.717) is 51.2 Å². The van der Waals surface area contributed by atoms with Crippen LogP contribution in [0.4, 0.5) is 25.8 Å². The van der Waals surface area contributed by atoms with Gasteiger partial charge in [-0.25, -0.2) is 9.78 Å². The normalized spacial score (nSPS) is 13.7. The summed E-state index contributed by atoms with van der Waals surface area (Å²) in [5.41, 5.74) is 2.15. The molecule has 0 aliphatic rings. The Morgan fingerprint density at radius 1 is 0.796 bits per heavy atom. The smallest absolute Gasteiger partial charge is 0.338 e. The number of benzene rings is 1. The topological polar surface area (TPSA) is 116 Å². The standard InChI is InChI=1S/C43H65N7O2S2/c1-10-16-19-31(13-4)28-50(29-32(14-5)20-17-11-2)42-45-38(43(7,8)9)40(54-42)49-48-39-35(27-44)26-37(53-39)47-46-36-24-22-34(23-25-36)41(51)52-30-33(15-6)21-18-12-3/h22-26,31-33H,10-21,28-30H2,1-9H3. The maximum Gasteiger partial charge on any atom is 0.338 e. The van der Waals surface area contributed by atoms with Crippen LogP contribution in [0.3, 0.4) is 0 Å². The fourth-order valence-electron chi connectivity index (χ4n) is 6.29. The molecule has 0 bridgehead atoms. The van der Waals surface area contributed by atoms with E-state index in [4.69, 9.17) is 14.8 Å². The van der Waals surface area contributed by atoms with Gasteiger partial charge in [-0.3, -0.25) is 0 Å². The molecule has 0 aliphatic heterocycles. The highest BCUT2D eigenvalue weighted by atomic mass is 32.1. The highest BCUT2D eigenvalue weighted by Crippen LogP contribution is 2.43. The second kappa shape index (κ2) is 23.4. The monoisotopic (exact) mass is 775 g/mol. The fourth-order valence-corrected chi connectivity index (χ4v) is 8.16. The first-order chi connectivity index (χ1) is 26.0. The van der Waals surface area contributed by atoms with Crippen molar-refractivity contribution in [2.75, 3.05) is 24.6 Å². The predicted molar refractivity (Wildman–Crippen MR) is 227 cm³/mol. The number of rotatable bonds is 24. The minimum atomic E-state index is -0.329. The number of carbonyl (C=O) groups excluding carboxylic acids is 1. The molecule has 54 heavy (non-hydrogen) atoms. The van der Waals surface area contributed by atoms with E-state index >= 15 is 0 Å². The van der Waals surface area contributed by atoms with E-state index in [9.17, 15) is 10.1 Å². The van der Waals surface area contributed by atoms with E-state index < -0.39 is 0 Å². The van der Waals surface area contributed by atoms with Gasteiger partial charge in [-0.2, -0.15) is 5.26 Å². The Balaban J connectivity index is 1.83. The number of nitrogens with zero attached hydrogens (tertiary/aromatic N) is 7. The fraction of sp³-hybridized carbons (Fsp3) is 0.651. The van der Waals surface area contributed by atoms with Crippen LogP contribution < -0.4 is 4.90 Å². The van der Waals surface area contributed by atoms with Crippen molar-refractivity contribution in [1.82, 2.24) is 4.98 Å². The van der Waals surface area contributed by atoms with Gasteiger partial charge >= 0.3 is 5.97 Å². The number of hydrogen-bond acceptors (Lipinski definition) is 11. The third-order valence-corrected chi connectivity index (χ3v) is 11.9. The summed E-state index contributed by atoms with van der Waals surface area (Å²) in [5.74, 6) is 1.29. The Morgan fingerprint density at radius 2 is 1.35 bits per heavy atom. The number of carbonyl (C=O) groups is 1. The quantitative estimate of drug-likeness (QED) is 0.0663. The van der Waals surface area contributed by atoms with Crippen LogP contribution in [0.15, 0.2) is 50.8 Å². The van der Waals surface area contributed by atoms with Gasteiger partial charge in [-0.15, -0.1) is 20.5 Å². The van der Waals surface area contributed by atoms with E-state index in [0.717, 1.165) is 67.4 Å². The molecule has 3 aromatic rings. The lowest BCUT2D eigenvalue weighted by molar-refractivity contribution is 0.0428. The van der Waals surface area contributed by atoms with Crippen molar-refractivity contribution >= 4 is 54.5 Å². The zero-order valence-corrected chi connectivity index (χ0v) is 36.1. The van der Waals surface area contributed by atoms with Gasteiger partial charge in [0, 0.05) is 18.5 Å². The molecule has 0 N–H and O–H groups in total. The van der Waals surface area contributed by atoms with E-state index in [-0.39, 0.29) is 11.4 Å². The zero-order chi connectivity index (χ0) is 39.5. The van der Waals surface area contributed by atoms with Crippen LogP contribution in [0.5, 0.6) is 0 Å². The maximum atomic E-state index is 12.6. The minimum Gasteiger partial charge on any atom is -0.462 e. The van der Waals surface area contributed by atoms with E-state index in [2.05, 4.69) is 88.6 Å². The van der Waals surface area contributed by atoms with Crippen LogP contribution in [0.1, 0.15) is 161 Å². The summed E-state index contributed by atoms with van der Waals surface area (Å²) in [7, 11) is 0. The predicted octanol–water partition coefficient (Wildman–Crippen LogP) is 14.8. The molecule has 11 heteroatoms. The molecule has 2 heterocycles. The van der Waals surface area contributed by atoms with Crippen molar-refractivity contribution in [3.05, 3.63) is 47.2 Å². The van der Waals surface area contributed by atoms with Crippen LogP contribution in [0, 0.1) is 29.1 Å². The summed E-state index contributed by atoms with van der Waals surface area (Å²) in [4.78, 5) is 20.4. The molecule has 1 aromatic carbocycles. The van der Waals surface area contributed by atoms with Crippen molar-refractivity contribution in [1.29, 1.82) is 5.26 Å². The molecule has 0 saturated carbocycles. The van der Waals surface area contributed by atoms with Gasteiger partial charge in [0.25, 0.3) is 0 Å². The third kappa shape index (κ3) is 14.3. The molecule has 0 fully saturated rings. The zero-order valence-electron chi connectivity index (χ0n) is 34.5. The number of unbranched alkanes of at least 4 members (excludes halogenated alkanes) is 3. The number of azo groups is 2. The van der Waals surface area contributed by atoms with Gasteiger partial charge in [0.05, 0.1) is 29.1 Å². The first kappa shape index (κ1) is 44.9. The molecule has 0 radical (unpaired) electrons. The molecule has 3 unspecified atom stereocenters. The summed E-state index contributed by atoms with van der Waals surface area (Å²) >= 11 is 2.87. The van der Waals surface area contributed by atoms with Gasteiger partial charge in [0.15, 0.2) is 15.1 Å². The van der Waals surface area contributed by atoms with Crippen molar-refractivity contribution < 1.29 is 9.53 Å². The molecule has 9 nitrogen and oxygen atoms in total. The Kier molecular flexibility index (Phi) is 19.5. The van der Waals surface area contributed by atoms with Gasteiger partial charge in [-0.05, 0) is 67.3 Å². The molecule has 296 valence electrons. The second-order valence-electron chi connectivity index (χ2n) is 15.5. The lowest BCUT2D eigenvalue weighted by atomic mass is 9.92. The van der Waals surface area contributed by atoms with Crippen molar-refractivity contribution in [2.45, 2.75) is 145 Å². The maximum absolute atomic E-state index is 12.6. The van der Waals surface area contributed by atoms with Crippen LogP contribution in [0.25, 0.3) is 0 Å². The van der Waals surface area contributed by atoms with Crippen LogP contribution in [-0.4, -0.2) is 30.6 Å². The van der Waals surface area contributed by atoms with Crippen LogP contribution >= 0.6 is 22.7 Å². The SMILES string of the molecule is CCCCC(CC)COC(=O)c1ccc(N=Nc2cc(C#N)c(N=Nc3sc(N(CC(CC)CCCC)CC(CC)CCCC)nc3C(C)(C)C)s2)cc1. The largest absolute Gasteiger partial charge is 0.462 e. The molecular weight excluding hydrogens is 711 g/mol. The van der Waals surface area contributed by atoms with Gasteiger partial charge < -0.3 is 9.64 Å². The highest BCUT2D eigenvalue weighted by molar-refractivity contribution is 7.20. The van der Waals surface area contributed by atoms with Gasteiger partial charge in [0.2, 0.25) is 0 Å². The number of hydrogen-bond donors (Lipinski definition) is 0. The van der Waals surface area contributed by atoms with Crippen LogP contribution in [-0.2, 0) is 10.2 Å².